The van der Waals surface area contributed by atoms with Gasteiger partial charge in [0.05, 0.1) is 60.0 Å². The van der Waals surface area contributed by atoms with Gasteiger partial charge in [0.2, 0.25) is 23.8 Å². The zero-order chi connectivity index (χ0) is 54.3. The highest BCUT2D eigenvalue weighted by Gasteiger charge is 2.16. The quantitative estimate of drug-likeness (QED) is 0.0339. The number of nitrogens with two attached hydrogens (primary N) is 5. The second kappa shape index (κ2) is 29.8. The minimum absolute atomic E-state index is 0.00217. The molecule has 17 N–H and O–H groups in total. The lowest BCUT2D eigenvalue weighted by Crippen LogP contribution is -2.26. The molecule has 402 valence electrons. The van der Waals surface area contributed by atoms with Crippen molar-refractivity contribution in [3.63, 3.8) is 0 Å². The van der Waals surface area contributed by atoms with E-state index in [0.29, 0.717) is 40.7 Å². The van der Waals surface area contributed by atoms with Gasteiger partial charge >= 0.3 is 0 Å². The van der Waals surface area contributed by atoms with Gasteiger partial charge in [-0.2, -0.15) is 19.9 Å². The topological polar surface area (TPSA) is 355 Å². The van der Waals surface area contributed by atoms with Crippen molar-refractivity contribution in [2.75, 3.05) is 70.6 Å². The number of aliphatic hydroxyl groups is 3. The van der Waals surface area contributed by atoms with Gasteiger partial charge in [-0.1, -0.05) is 83.6 Å². The lowest BCUT2D eigenvalue weighted by Gasteiger charge is -2.18. The Labute approximate surface area is 435 Å². The number of para-hydroxylation sites is 2. The summed E-state index contributed by atoms with van der Waals surface area (Å²) >= 11 is 0. The second-order valence-corrected chi connectivity index (χ2v) is 17.7. The van der Waals surface area contributed by atoms with E-state index in [1.807, 2.05) is 74.5 Å². The average Bonchev–Trinajstić information content (AvgIpc) is 3.40. The molecule has 23 heteroatoms. The Morgan fingerprint density at radius 1 is 0.480 bits per heavy atom. The average molecular weight is 1040 g/mol. The number of aliphatic hydroxyl groups excluding tert-OH is 3. The summed E-state index contributed by atoms with van der Waals surface area (Å²) in [5.41, 5.74) is 31.5. The van der Waals surface area contributed by atoms with Crippen LogP contribution in [0.3, 0.4) is 0 Å². The third-order valence-corrected chi connectivity index (χ3v) is 11.6. The van der Waals surface area contributed by atoms with Crippen molar-refractivity contribution in [2.24, 2.45) is 5.73 Å². The van der Waals surface area contributed by atoms with Crippen molar-refractivity contribution < 1.29 is 24.1 Å². The van der Waals surface area contributed by atoms with Gasteiger partial charge < -0.3 is 65.3 Å². The second-order valence-electron chi connectivity index (χ2n) is 17.7. The first kappa shape index (κ1) is 58.2. The van der Waals surface area contributed by atoms with Gasteiger partial charge in [-0.3, -0.25) is 4.98 Å². The van der Waals surface area contributed by atoms with Crippen molar-refractivity contribution in [2.45, 2.75) is 110 Å². The fraction of sp³-hybridized carbons (Fsp3) is 0.404. The largest absolute Gasteiger partial charge is 0.394 e. The monoisotopic (exact) mass is 1030 g/mol. The van der Waals surface area contributed by atoms with Crippen molar-refractivity contribution in [1.82, 2.24) is 44.9 Å². The van der Waals surface area contributed by atoms with Crippen LogP contribution in [0.25, 0.3) is 43.7 Å². The molecule has 0 bridgehead atoms. The summed E-state index contributed by atoms with van der Waals surface area (Å²) in [7, 11) is 0. The number of nitrogens with zero attached hydrogens (tertiary/aromatic N) is 9. The number of aromatic nitrogens is 9. The van der Waals surface area contributed by atoms with E-state index >= 15 is 0 Å². The molecule has 0 saturated carbocycles. The lowest BCUT2D eigenvalue weighted by atomic mass is 10.1. The van der Waals surface area contributed by atoms with Crippen LogP contribution in [0.15, 0.2) is 79.0 Å². The molecule has 8 rings (SSSR count). The Kier molecular flexibility index (Phi) is 23.1. The molecule has 5 aromatic heterocycles. The third kappa shape index (κ3) is 17.4. The highest BCUT2D eigenvalue weighted by Crippen LogP contribution is 2.27. The molecule has 0 saturated heterocycles. The molecule has 0 aliphatic heterocycles. The Hall–Kier alpha value is -7.73. The zero-order valence-electron chi connectivity index (χ0n) is 43.0. The highest BCUT2D eigenvalue weighted by molar-refractivity contribution is 5.92. The molecule has 75 heavy (non-hydrogen) atoms. The van der Waals surface area contributed by atoms with Crippen LogP contribution in [0.4, 0.5) is 55.8 Å². The van der Waals surface area contributed by atoms with Crippen molar-refractivity contribution >= 4 is 90.8 Å². The maximum atomic E-state index is 13.4. The molecule has 3 aromatic carbocycles. The third-order valence-electron chi connectivity index (χ3n) is 11.6. The molecule has 0 fully saturated rings. The molecule has 21 nitrogen and oxygen atoms in total. The Bertz CT molecular complexity index is 2930. The number of nitrogens with one attached hydrogen (secondary N) is 4. The first-order valence-corrected chi connectivity index (χ1v) is 25.2. The Morgan fingerprint density at radius 3 is 1.31 bits per heavy atom. The highest BCUT2D eigenvalue weighted by atomic mass is 19.2. The Balaban J connectivity index is 0.000000186. The van der Waals surface area contributed by atoms with Crippen LogP contribution in [0.1, 0.15) is 85.5 Å². The number of anilines is 8. The summed E-state index contributed by atoms with van der Waals surface area (Å²) in [4.78, 5) is 37.2. The van der Waals surface area contributed by atoms with E-state index in [0.717, 1.165) is 97.2 Å². The molecule has 0 aliphatic carbocycles. The lowest BCUT2D eigenvalue weighted by molar-refractivity contribution is 0.267. The van der Waals surface area contributed by atoms with E-state index in [2.05, 4.69) is 80.0 Å². The summed E-state index contributed by atoms with van der Waals surface area (Å²) in [5, 5.41) is 43.1. The normalized spacial score (nSPS) is 12.6. The summed E-state index contributed by atoms with van der Waals surface area (Å²) in [6.45, 7) is 8.86. The molecule has 4 atom stereocenters. The molecule has 0 radical (unpaired) electrons. The number of hydrogen-bond acceptors (Lipinski definition) is 21. The van der Waals surface area contributed by atoms with E-state index in [-0.39, 0.29) is 73.3 Å². The number of rotatable bonds is 21. The molecular weight excluding hydrogens is 963 g/mol. The minimum atomic E-state index is -0.990. The van der Waals surface area contributed by atoms with Crippen LogP contribution >= 0.6 is 0 Å². The SMILES string of the molecule is CCCC[C@@H](CO)Nc1nc(N)nc2ccccc12.CCCC[C@H](CO)Nc1nc(N)nc2cc(F)c(F)cc12.CCCC[C@H](CO)Nc1nc(N)nc2ccccc12.C[C@@H](CN)Nc1nc(N)nc2cccnc12. The minimum Gasteiger partial charge on any atom is -0.394 e. The van der Waals surface area contributed by atoms with Crippen LogP contribution in [-0.2, 0) is 0 Å². The number of fused-ring (bicyclic) bond motifs is 4. The number of benzene rings is 3. The summed E-state index contributed by atoms with van der Waals surface area (Å²) in [6, 6.07) is 21.0. The van der Waals surface area contributed by atoms with Crippen LogP contribution < -0.4 is 49.9 Å². The first-order chi connectivity index (χ1) is 36.2. The van der Waals surface area contributed by atoms with E-state index in [1.165, 1.54) is 0 Å². The molecule has 0 amide bonds. The predicted octanol–water partition coefficient (Wildman–Crippen LogP) is 7.17. The first-order valence-electron chi connectivity index (χ1n) is 25.2. The fourth-order valence-corrected chi connectivity index (χ4v) is 7.60. The van der Waals surface area contributed by atoms with E-state index < -0.39 is 11.6 Å². The maximum absolute atomic E-state index is 13.4. The van der Waals surface area contributed by atoms with Gasteiger partial charge in [-0.15, -0.1) is 0 Å². The summed E-state index contributed by atoms with van der Waals surface area (Å²) < 4.78 is 26.7. The van der Waals surface area contributed by atoms with Crippen LogP contribution in [0.5, 0.6) is 0 Å². The van der Waals surface area contributed by atoms with E-state index in [4.69, 9.17) is 28.7 Å². The molecular formula is C52H72F2N18O3. The van der Waals surface area contributed by atoms with Gasteiger partial charge in [-0.25, -0.2) is 28.7 Å². The van der Waals surface area contributed by atoms with Crippen LogP contribution in [-0.4, -0.2) is 111 Å². The fourth-order valence-electron chi connectivity index (χ4n) is 7.60. The molecule has 5 heterocycles. The van der Waals surface area contributed by atoms with Gasteiger partial charge in [0.25, 0.3) is 0 Å². The van der Waals surface area contributed by atoms with E-state index in [1.54, 1.807) is 6.20 Å². The Morgan fingerprint density at radius 2 is 0.867 bits per heavy atom. The number of halogens is 2. The van der Waals surface area contributed by atoms with Gasteiger partial charge in [0.15, 0.2) is 17.5 Å². The summed E-state index contributed by atoms with van der Waals surface area (Å²) in [5.74, 6) is 1.02. The zero-order valence-corrected chi connectivity index (χ0v) is 43.0. The summed E-state index contributed by atoms with van der Waals surface area (Å²) in [6.07, 6.45) is 10.5. The van der Waals surface area contributed by atoms with Crippen molar-refractivity contribution in [3.05, 3.63) is 90.6 Å². The number of nitrogen functional groups attached to an aromatic ring is 4. The molecule has 8 aromatic rings. The number of pyridine rings is 1. The van der Waals surface area contributed by atoms with E-state index in [9.17, 15) is 24.1 Å². The standard InChI is InChI=1S/C14H18F2N4O.2C14H20N4O.C10H14N6/c1-2-3-4-8(7-21)18-13-9-5-10(15)11(16)6-12(9)19-14(17)20-13;2*1-2-3-6-10(9-19)16-13-11-7-4-5-8-12(11)17-14(15)18-13;1-6(5-11)14-9-8-7(3-2-4-13-8)15-10(12)16-9/h5-6,8,21H,2-4,7H2,1H3,(H3,17,18,19,20);2*4-5,7-8,10,19H,2-3,6,9H2,1H3,(H3,15,16,17,18);2-4,6H,5,11H2,1H3,(H3,12,14,15,16)/t8-;2*10-;6-/m1100/s1. The van der Waals surface area contributed by atoms with Gasteiger partial charge in [-0.05, 0) is 68.7 Å². The number of unbranched alkanes of at least 4 members (excludes halogenated alkanes) is 3. The van der Waals surface area contributed by atoms with Crippen LogP contribution in [0, 0.1) is 11.6 Å². The number of hydrogen-bond donors (Lipinski definition) is 12. The molecule has 0 aliphatic rings. The van der Waals surface area contributed by atoms with Crippen LogP contribution in [0.2, 0.25) is 0 Å². The van der Waals surface area contributed by atoms with Gasteiger partial charge in [0.1, 0.15) is 23.0 Å². The maximum Gasteiger partial charge on any atom is 0.222 e. The smallest absolute Gasteiger partial charge is 0.222 e. The molecule has 0 spiro atoms. The molecule has 0 unspecified atom stereocenters. The van der Waals surface area contributed by atoms with Crippen molar-refractivity contribution in [1.29, 1.82) is 0 Å². The van der Waals surface area contributed by atoms with Crippen molar-refractivity contribution in [3.8, 4) is 0 Å². The van der Waals surface area contributed by atoms with Gasteiger partial charge in [0, 0.05) is 41.0 Å². The predicted molar refractivity (Wildman–Crippen MR) is 298 cm³/mol.